The Kier molecular flexibility index (Phi) is 3.61. The van der Waals surface area contributed by atoms with Crippen LogP contribution >= 0.6 is 23.2 Å². The van der Waals surface area contributed by atoms with Crippen LogP contribution in [0.1, 0.15) is 5.56 Å². The van der Waals surface area contributed by atoms with Crippen LogP contribution in [0.3, 0.4) is 0 Å². The summed E-state index contributed by atoms with van der Waals surface area (Å²) in [5.74, 6) is 0.817. The van der Waals surface area contributed by atoms with Crippen molar-refractivity contribution in [3.05, 3.63) is 58.2 Å². The fourth-order valence-corrected chi connectivity index (χ4v) is 1.63. The molecular formula is C12H9Cl2N3. The molecule has 5 heteroatoms. The highest BCUT2D eigenvalue weighted by atomic mass is 35.5. The summed E-state index contributed by atoms with van der Waals surface area (Å²) in [7, 11) is 0. The van der Waals surface area contributed by atoms with Gasteiger partial charge >= 0.3 is 0 Å². The van der Waals surface area contributed by atoms with Crippen molar-refractivity contribution >= 4 is 34.9 Å². The molecule has 0 saturated carbocycles. The van der Waals surface area contributed by atoms with E-state index in [0.717, 1.165) is 0 Å². The number of hydrogen-bond donors (Lipinski definition) is 1. The Labute approximate surface area is 109 Å². The quantitative estimate of drug-likeness (QED) is 0.668. The Morgan fingerprint density at radius 3 is 2.53 bits per heavy atom. The highest BCUT2D eigenvalue weighted by Gasteiger charge is 2.03. The summed E-state index contributed by atoms with van der Waals surface area (Å²) in [6, 6.07) is 10.6. The molecule has 2 aromatic rings. The van der Waals surface area contributed by atoms with E-state index >= 15 is 0 Å². The molecule has 0 amide bonds. The number of amidine groups is 1. The average Bonchev–Trinajstić information content (AvgIpc) is 2.32. The molecule has 1 aromatic carbocycles. The molecule has 0 bridgehead atoms. The second-order valence-electron chi connectivity index (χ2n) is 3.31. The topological polar surface area (TPSA) is 51.3 Å². The van der Waals surface area contributed by atoms with Crippen molar-refractivity contribution in [3.63, 3.8) is 0 Å². The predicted molar refractivity (Wildman–Crippen MR) is 71.1 cm³/mol. The molecule has 0 unspecified atom stereocenters. The Hall–Kier alpha value is -1.58. The number of nitrogens with two attached hydrogens (primary N) is 1. The first-order chi connectivity index (χ1) is 8.16. The summed E-state index contributed by atoms with van der Waals surface area (Å²) in [6.45, 7) is 0. The van der Waals surface area contributed by atoms with Crippen molar-refractivity contribution in [2.75, 3.05) is 0 Å². The molecule has 2 rings (SSSR count). The van der Waals surface area contributed by atoms with Crippen molar-refractivity contribution in [2.45, 2.75) is 0 Å². The minimum Gasteiger partial charge on any atom is -0.383 e. The molecule has 2 N–H and O–H groups in total. The van der Waals surface area contributed by atoms with Gasteiger partial charge in [-0.1, -0.05) is 35.3 Å². The SMILES string of the molecule is NC(=Nc1ccc(Cl)cn1)c1ccccc1Cl. The zero-order valence-corrected chi connectivity index (χ0v) is 10.3. The number of halogens is 2. The van der Waals surface area contributed by atoms with Gasteiger partial charge in [0.2, 0.25) is 0 Å². The van der Waals surface area contributed by atoms with Crippen molar-refractivity contribution in [3.8, 4) is 0 Å². The minimum atomic E-state index is 0.324. The summed E-state index contributed by atoms with van der Waals surface area (Å²) in [5.41, 5.74) is 6.54. The maximum Gasteiger partial charge on any atom is 0.154 e. The van der Waals surface area contributed by atoms with E-state index in [1.807, 2.05) is 12.1 Å². The third kappa shape index (κ3) is 2.96. The largest absolute Gasteiger partial charge is 0.383 e. The van der Waals surface area contributed by atoms with E-state index in [9.17, 15) is 0 Å². The van der Waals surface area contributed by atoms with E-state index in [1.54, 1.807) is 24.3 Å². The molecule has 0 atom stereocenters. The zero-order chi connectivity index (χ0) is 12.3. The lowest BCUT2D eigenvalue weighted by Crippen LogP contribution is -2.13. The molecule has 0 saturated heterocycles. The molecule has 0 fully saturated rings. The summed E-state index contributed by atoms with van der Waals surface area (Å²) in [6.07, 6.45) is 1.51. The lowest BCUT2D eigenvalue weighted by molar-refractivity contribution is 1.26. The molecule has 0 spiro atoms. The molecule has 0 radical (unpaired) electrons. The van der Waals surface area contributed by atoms with Gasteiger partial charge in [-0.05, 0) is 24.3 Å². The molecule has 0 aliphatic carbocycles. The van der Waals surface area contributed by atoms with Gasteiger partial charge in [-0.15, -0.1) is 0 Å². The van der Waals surface area contributed by atoms with Crippen LogP contribution in [0.2, 0.25) is 10.0 Å². The summed E-state index contributed by atoms with van der Waals surface area (Å²) in [4.78, 5) is 8.20. The highest BCUT2D eigenvalue weighted by Crippen LogP contribution is 2.17. The van der Waals surface area contributed by atoms with Gasteiger partial charge in [-0.25, -0.2) is 9.98 Å². The molecule has 1 heterocycles. The van der Waals surface area contributed by atoms with Crippen LogP contribution < -0.4 is 5.73 Å². The van der Waals surface area contributed by atoms with Gasteiger partial charge in [-0.2, -0.15) is 0 Å². The van der Waals surface area contributed by atoms with E-state index in [1.165, 1.54) is 6.20 Å². The van der Waals surface area contributed by atoms with E-state index < -0.39 is 0 Å². The predicted octanol–water partition coefficient (Wildman–Crippen LogP) is 3.43. The third-order valence-electron chi connectivity index (χ3n) is 2.10. The molecule has 17 heavy (non-hydrogen) atoms. The second-order valence-corrected chi connectivity index (χ2v) is 4.16. The summed E-state index contributed by atoms with van der Waals surface area (Å²) < 4.78 is 0. The number of pyridine rings is 1. The van der Waals surface area contributed by atoms with Gasteiger partial charge < -0.3 is 5.73 Å². The fraction of sp³-hybridized carbons (Fsp3) is 0. The van der Waals surface area contributed by atoms with Gasteiger partial charge in [0, 0.05) is 11.8 Å². The van der Waals surface area contributed by atoms with Crippen LogP contribution in [0, 0.1) is 0 Å². The molecule has 0 aliphatic rings. The van der Waals surface area contributed by atoms with Crippen LogP contribution in [-0.4, -0.2) is 10.8 Å². The number of nitrogens with zero attached hydrogens (tertiary/aromatic N) is 2. The van der Waals surface area contributed by atoms with Crippen LogP contribution in [0.5, 0.6) is 0 Å². The molecule has 3 nitrogen and oxygen atoms in total. The van der Waals surface area contributed by atoms with Crippen molar-refractivity contribution in [1.82, 2.24) is 4.98 Å². The van der Waals surface area contributed by atoms with E-state index in [0.29, 0.717) is 27.3 Å². The lowest BCUT2D eigenvalue weighted by atomic mass is 10.2. The Morgan fingerprint density at radius 2 is 1.88 bits per heavy atom. The number of hydrogen-bond acceptors (Lipinski definition) is 2. The standard InChI is InChI=1S/C12H9Cl2N3/c13-8-5-6-11(16-7-8)17-12(15)9-3-1-2-4-10(9)14/h1-7H,(H2,15,16,17). The van der Waals surface area contributed by atoms with Crippen molar-refractivity contribution in [1.29, 1.82) is 0 Å². The van der Waals surface area contributed by atoms with E-state index in [4.69, 9.17) is 28.9 Å². The molecule has 0 aliphatic heterocycles. The monoisotopic (exact) mass is 265 g/mol. The number of aromatic nitrogens is 1. The first-order valence-corrected chi connectivity index (χ1v) is 5.63. The van der Waals surface area contributed by atoms with E-state index in [-0.39, 0.29) is 0 Å². The normalized spacial score (nSPS) is 11.5. The Balaban J connectivity index is 2.34. The van der Waals surface area contributed by atoms with Gasteiger partial charge in [0.1, 0.15) is 5.84 Å². The lowest BCUT2D eigenvalue weighted by Gasteiger charge is -2.02. The average molecular weight is 266 g/mol. The van der Waals surface area contributed by atoms with Gasteiger partial charge in [-0.3, -0.25) is 0 Å². The van der Waals surface area contributed by atoms with Crippen molar-refractivity contribution < 1.29 is 0 Å². The molecule has 86 valence electrons. The maximum absolute atomic E-state index is 6.01. The zero-order valence-electron chi connectivity index (χ0n) is 8.77. The van der Waals surface area contributed by atoms with Gasteiger partial charge in [0.05, 0.1) is 10.0 Å². The maximum atomic E-state index is 6.01. The summed E-state index contributed by atoms with van der Waals surface area (Å²) >= 11 is 11.7. The number of rotatable bonds is 2. The van der Waals surface area contributed by atoms with Crippen molar-refractivity contribution in [2.24, 2.45) is 10.7 Å². The first-order valence-electron chi connectivity index (χ1n) is 4.87. The third-order valence-corrected chi connectivity index (χ3v) is 2.65. The molecular weight excluding hydrogens is 257 g/mol. The Morgan fingerprint density at radius 1 is 1.12 bits per heavy atom. The highest BCUT2D eigenvalue weighted by molar-refractivity contribution is 6.34. The van der Waals surface area contributed by atoms with Crippen LogP contribution in [0.4, 0.5) is 5.82 Å². The summed E-state index contributed by atoms with van der Waals surface area (Å²) in [5, 5.41) is 1.11. The fourth-order valence-electron chi connectivity index (χ4n) is 1.29. The Bertz CT molecular complexity index is 550. The second kappa shape index (κ2) is 5.17. The smallest absolute Gasteiger partial charge is 0.154 e. The van der Waals surface area contributed by atoms with Crippen LogP contribution in [0.25, 0.3) is 0 Å². The first kappa shape index (κ1) is 11.9. The molecule has 1 aromatic heterocycles. The van der Waals surface area contributed by atoms with Crippen LogP contribution in [-0.2, 0) is 0 Å². The van der Waals surface area contributed by atoms with Gasteiger partial charge in [0.15, 0.2) is 5.82 Å². The van der Waals surface area contributed by atoms with Crippen LogP contribution in [0.15, 0.2) is 47.6 Å². The number of benzene rings is 1. The van der Waals surface area contributed by atoms with E-state index in [2.05, 4.69) is 9.98 Å². The number of aliphatic imine (C=N–C) groups is 1. The van der Waals surface area contributed by atoms with Gasteiger partial charge in [0.25, 0.3) is 0 Å². The minimum absolute atomic E-state index is 0.324.